The maximum absolute atomic E-state index is 12.6. The summed E-state index contributed by atoms with van der Waals surface area (Å²) in [5.41, 5.74) is 0.830. The summed E-state index contributed by atoms with van der Waals surface area (Å²) in [5, 5.41) is 0. The SMILES string of the molecule is CCCCCCCCOc1ccc(OC(=O)c2ccc(OC(=O)c3ccc(OCC4(CC)COC4)cc3)cc2)cc1. The Labute approximate surface area is 242 Å². The maximum Gasteiger partial charge on any atom is 0.343 e. The van der Waals surface area contributed by atoms with Crippen molar-refractivity contribution in [2.75, 3.05) is 26.4 Å². The molecule has 1 aliphatic rings. The van der Waals surface area contributed by atoms with Crippen LogP contribution < -0.4 is 18.9 Å². The zero-order valence-corrected chi connectivity index (χ0v) is 24.1. The highest BCUT2D eigenvalue weighted by molar-refractivity contribution is 5.92. The van der Waals surface area contributed by atoms with Crippen LogP contribution in [0.15, 0.2) is 72.8 Å². The predicted octanol–water partition coefficient (Wildman–Crippen LogP) is 7.67. The summed E-state index contributed by atoms with van der Waals surface area (Å²) in [5.74, 6) is 1.20. The van der Waals surface area contributed by atoms with Gasteiger partial charge in [-0.1, -0.05) is 46.0 Å². The molecule has 7 heteroatoms. The van der Waals surface area contributed by atoms with E-state index >= 15 is 0 Å². The van der Waals surface area contributed by atoms with E-state index in [0.717, 1.165) is 18.6 Å². The Hall–Kier alpha value is -3.84. The van der Waals surface area contributed by atoms with E-state index in [2.05, 4.69) is 13.8 Å². The molecule has 0 aliphatic carbocycles. The monoisotopic (exact) mass is 560 g/mol. The normalized spacial score (nSPS) is 13.6. The molecule has 1 saturated heterocycles. The average molecular weight is 561 g/mol. The summed E-state index contributed by atoms with van der Waals surface area (Å²) >= 11 is 0. The van der Waals surface area contributed by atoms with Crippen molar-refractivity contribution >= 4 is 11.9 Å². The van der Waals surface area contributed by atoms with Gasteiger partial charge < -0.3 is 23.7 Å². The second kappa shape index (κ2) is 15.2. The van der Waals surface area contributed by atoms with Gasteiger partial charge in [0.2, 0.25) is 0 Å². The second-order valence-electron chi connectivity index (χ2n) is 10.6. The van der Waals surface area contributed by atoms with Gasteiger partial charge in [0.1, 0.15) is 23.0 Å². The number of ether oxygens (including phenoxy) is 5. The van der Waals surface area contributed by atoms with Gasteiger partial charge in [-0.15, -0.1) is 0 Å². The average Bonchev–Trinajstić information content (AvgIpc) is 2.98. The quantitative estimate of drug-likeness (QED) is 0.101. The summed E-state index contributed by atoms with van der Waals surface area (Å²) in [6.07, 6.45) is 8.27. The van der Waals surface area contributed by atoms with Gasteiger partial charge in [0, 0.05) is 0 Å². The Balaban J connectivity index is 1.19. The largest absolute Gasteiger partial charge is 0.494 e. The van der Waals surface area contributed by atoms with Gasteiger partial charge in [-0.25, -0.2) is 9.59 Å². The first-order chi connectivity index (χ1) is 20.0. The molecule has 0 amide bonds. The van der Waals surface area contributed by atoms with Crippen molar-refractivity contribution in [2.24, 2.45) is 5.41 Å². The molecule has 3 aromatic carbocycles. The van der Waals surface area contributed by atoms with E-state index in [1.165, 1.54) is 32.1 Å². The summed E-state index contributed by atoms with van der Waals surface area (Å²) in [6, 6.07) is 20.1. The minimum absolute atomic E-state index is 0.0858. The molecule has 7 nitrogen and oxygen atoms in total. The lowest BCUT2D eigenvalue weighted by molar-refractivity contribution is -0.133. The molecule has 1 fully saturated rings. The zero-order chi connectivity index (χ0) is 28.9. The minimum Gasteiger partial charge on any atom is -0.494 e. The van der Waals surface area contributed by atoms with Crippen LogP contribution in [0.1, 0.15) is 79.5 Å². The molecule has 0 spiro atoms. The number of carbonyl (C=O) groups is 2. The highest BCUT2D eigenvalue weighted by atomic mass is 16.5. The molecule has 0 saturated carbocycles. The summed E-state index contributed by atoms with van der Waals surface area (Å²) in [6.45, 7) is 7.04. The molecule has 0 N–H and O–H groups in total. The Kier molecular flexibility index (Phi) is 11.2. The first-order valence-electron chi connectivity index (χ1n) is 14.6. The molecule has 0 bridgehead atoms. The lowest BCUT2D eigenvalue weighted by atomic mass is 9.84. The van der Waals surface area contributed by atoms with Crippen LogP contribution in [0, 0.1) is 5.41 Å². The van der Waals surface area contributed by atoms with Crippen molar-refractivity contribution < 1.29 is 33.3 Å². The minimum atomic E-state index is -0.502. The Morgan fingerprint density at radius 2 is 1.10 bits per heavy atom. The lowest BCUT2D eigenvalue weighted by Crippen LogP contribution is -2.46. The number of hydrogen-bond acceptors (Lipinski definition) is 7. The molecule has 0 unspecified atom stereocenters. The van der Waals surface area contributed by atoms with Crippen molar-refractivity contribution in [1.82, 2.24) is 0 Å². The Bertz CT molecular complexity index is 1220. The van der Waals surface area contributed by atoms with Crippen LogP contribution in [0.3, 0.4) is 0 Å². The van der Waals surface area contributed by atoms with Crippen LogP contribution in [0.4, 0.5) is 0 Å². The van der Waals surface area contributed by atoms with E-state index in [9.17, 15) is 9.59 Å². The number of carbonyl (C=O) groups excluding carboxylic acids is 2. The molecule has 0 atom stereocenters. The van der Waals surface area contributed by atoms with Crippen LogP contribution in [0.25, 0.3) is 0 Å². The Morgan fingerprint density at radius 3 is 1.61 bits per heavy atom. The molecule has 218 valence electrons. The van der Waals surface area contributed by atoms with Crippen LogP contribution in [0.2, 0.25) is 0 Å². The highest BCUT2D eigenvalue weighted by Crippen LogP contribution is 2.32. The van der Waals surface area contributed by atoms with Gasteiger partial charge in [-0.05, 0) is 85.6 Å². The van der Waals surface area contributed by atoms with E-state index < -0.39 is 11.9 Å². The van der Waals surface area contributed by atoms with Gasteiger partial charge in [0.25, 0.3) is 0 Å². The number of rotatable bonds is 16. The molecular formula is C34H40O7. The van der Waals surface area contributed by atoms with Crippen LogP contribution >= 0.6 is 0 Å². The van der Waals surface area contributed by atoms with Crippen LogP contribution in [-0.2, 0) is 4.74 Å². The lowest BCUT2D eigenvalue weighted by Gasteiger charge is -2.40. The fraction of sp³-hybridized carbons (Fsp3) is 0.412. The molecule has 1 aliphatic heterocycles. The van der Waals surface area contributed by atoms with E-state index in [1.807, 2.05) is 0 Å². The topological polar surface area (TPSA) is 80.3 Å². The van der Waals surface area contributed by atoms with E-state index in [0.29, 0.717) is 54.8 Å². The number of benzene rings is 3. The van der Waals surface area contributed by atoms with Crippen LogP contribution in [0.5, 0.6) is 23.0 Å². The smallest absolute Gasteiger partial charge is 0.343 e. The van der Waals surface area contributed by atoms with E-state index in [1.54, 1.807) is 72.8 Å². The highest BCUT2D eigenvalue weighted by Gasteiger charge is 2.37. The van der Waals surface area contributed by atoms with Crippen molar-refractivity contribution in [1.29, 1.82) is 0 Å². The predicted molar refractivity (Wildman–Crippen MR) is 157 cm³/mol. The van der Waals surface area contributed by atoms with E-state index in [-0.39, 0.29) is 5.41 Å². The first kappa shape index (κ1) is 30.1. The van der Waals surface area contributed by atoms with Crippen molar-refractivity contribution in [2.45, 2.75) is 58.8 Å². The maximum atomic E-state index is 12.6. The fourth-order valence-corrected chi connectivity index (χ4v) is 4.37. The Morgan fingerprint density at radius 1 is 0.634 bits per heavy atom. The number of hydrogen-bond donors (Lipinski definition) is 0. The number of esters is 2. The molecule has 1 heterocycles. The third-order valence-corrected chi connectivity index (χ3v) is 7.30. The van der Waals surface area contributed by atoms with Crippen LogP contribution in [-0.4, -0.2) is 38.4 Å². The van der Waals surface area contributed by atoms with E-state index in [4.69, 9.17) is 23.7 Å². The fourth-order valence-electron chi connectivity index (χ4n) is 4.37. The molecule has 41 heavy (non-hydrogen) atoms. The molecule has 4 rings (SSSR count). The van der Waals surface area contributed by atoms with Gasteiger partial charge in [-0.2, -0.15) is 0 Å². The third kappa shape index (κ3) is 9.08. The van der Waals surface area contributed by atoms with Gasteiger partial charge in [0.15, 0.2) is 0 Å². The molecule has 0 radical (unpaired) electrons. The van der Waals surface area contributed by atoms with Gasteiger partial charge in [-0.3, -0.25) is 0 Å². The molecule has 3 aromatic rings. The summed E-state index contributed by atoms with van der Waals surface area (Å²) < 4.78 is 27.9. The van der Waals surface area contributed by atoms with Gasteiger partial charge >= 0.3 is 11.9 Å². The standard InChI is InChI=1S/C34H40O7/c1-3-5-6-7-8-9-22-38-28-18-20-31(21-19-28)41-33(36)27-12-16-30(17-13-27)40-32(35)26-10-14-29(15-11-26)39-25-34(4-2)23-37-24-34/h10-21H,3-9,22-25H2,1-2H3. The first-order valence-corrected chi connectivity index (χ1v) is 14.6. The molecule has 0 aromatic heterocycles. The van der Waals surface area contributed by atoms with Crippen molar-refractivity contribution in [3.63, 3.8) is 0 Å². The summed E-state index contributed by atoms with van der Waals surface area (Å²) in [4.78, 5) is 25.2. The zero-order valence-electron chi connectivity index (χ0n) is 24.1. The molecular weight excluding hydrogens is 520 g/mol. The van der Waals surface area contributed by atoms with Crippen molar-refractivity contribution in [3.8, 4) is 23.0 Å². The third-order valence-electron chi connectivity index (χ3n) is 7.30. The van der Waals surface area contributed by atoms with Gasteiger partial charge in [0.05, 0.1) is 43.0 Å². The second-order valence-corrected chi connectivity index (χ2v) is 10.6. The summed E-state index contributed by atoms with van der Waals surface area (Å²) in [7, 11) is 0. The number of unbranched alkanes of at least 4 members (excludes halogenated alkanes) is 5. The van der Waals surface area contributed by atoms with Crippen molar-refractivity contribution in [3.05, 3.63) is 83.9 Å².